The van der Waals surface area contributed by atoms with Gasteiger partial charge in [0.2, 0.25) is 0 Å². The maximum Gasteiger partial charge on any atom is 0.251 e. The van der Waals surface area contributed by atoms with Crippen molar-refractivity contribution in [3.63, 3.8) is 0 Å². The number of hydrogen-bond acceptors (Lipinski definition) is 3. The predicted octanol–water partition coefficient (Wildman–Crippen LogP) is 0.361. The lowest BCUT2D eigenvalue weighted by Crippen LogP contribution is -2.38. The summed E-state index contributed by atoms with van der Waals surface area (Å²) in [7, 11) is 1.87. The topological polar surface area (TPSA) is 55.6 Å². The van der Waals surface area contributed by atoms with Gasteiger partial charge in [0.1, 0.15) is 6.10 Å². The Hall–Kier alpha value is -0.610. The molecule has 0 aromatic rings. The highest BCUT2D eigenvalue weighted by atomic mass is 16.5. The molecule has 4 heteroatoms. The summed E-state index contributed by atoms with van der Waals surface area (Å²) in [5.74, 6) is 0.878. The van der Waals surface area contributed by atoms with Crippen LogP contribution in [0.15, 0.2) is 0 Å². The number of nitrogens with two attached hydrogens (primary N) is 1. The van der Waals surface area contributed by atoms with Crippen molar-refractivity contribution in [2.24, 2.45) is 11.7 Å². The van der Waals surface area contributed by atoms with E-state index in [2.05, 4.69) is 0 Å². The fourth-order valence-electron chi connectivity index (χ4n) is 2.08. The maximum atomic E-state index is 11.9. The van der Waals surface area contributed by atoms with Crippen LogP contribution in [0.1, 0.15) is 25.7 Å². The smallest absolute Gasteiger partial charge is 0.251 e. The Morgan fingerprint density at radius 1 is 1.40 bits per heavy atom. The number of ether oxygens (including phenoxy) is 1. The summed E-state index contributed by atoms with van der Waals surface area (Å²) in [5, 5.41) is 0. The van der Waals surface area contributed by atoms with Crippen LogP contribution in [0.5, 0.6) is 0 Å². The van der Waals surface area contributed by atoms with Gasteiger partial charge < -0.3 is 15.4 Å². The first-order valence-electron chi connectivity index (χ1n) is 5.81. The zero-order valence-electron chi connectivity index (χ0n) is 9.32. The van der Waals surface area contributed by atoms with Gasteiger partial charge in [-0.15, -0.1) is 0 Å². The van der Waals surface area contributed by atoms with Crippen molar-refractivity contribution in [2.45, 2.75) is 37.9 Å². The molecule has 2 N–H and O–H groups in total. The zero-order chi connectivity index (χ0) is 10.8. The summed E-state index contributed by atoms with van der Waals surface area (Å²) >= 11 is 0. The number of nitrogens with zero attached hydrogens (tertiary/aromatic N) is 1. The van der Waals surface area contributed by atoms with E-state index in [1.54, 1.807) is 0 Å². The van der Waals surface area contributed by atoms with E-state index in [0.717, 1.165) is 25.3 Å². The van der Waals surface area contributed by atoms with Crippen LogP contribution in [0.4, 0.5) is 0 Å². The van der Waals surface area contributed by atoms with Crippen LogP contribution in [0.2, 0.25) is 0 Å². The van der Waals surface area contributed by atoms with Gasteiger partial charge in [-0.3, -0.25) is 4.79 Å². The van der Waals surface area contributed by atoms with E-state index in [0.29, 0.717) is 6.54 Å². The Morgan fingerprint density at radius 3 is 2.67 bits per heavy atom. The second-order valence-electron chi connectivity index (χ2n) is 4.72. The highest BCUT2D eigenvalue weighted by Gasteiger charge is 2.33. The Balaban J connectivity index is 1.79. The maximum absolute atomic E-state index is 11.9. The van der Waals surface area contributed by atoms with E-state index in [9.17, 15) is 4.79 Å². The lowest BCUT2D eigenvalue weighted by Gasteiger charge is -2.21. The van der Waals surface area contributed by atoms with Crippen LogP contribution >= 0.6 is 0 Å². The molecule has 15 heavy (non-hydrogen) atoms. The standard InChI is InChI=1S/C11H20N2O2/c1-13(7-8-2-3-8)11(14)10-5-4-9(6-12)15-10/h8-10H,2-7,12H2,1H3. The molecule has 1 saturated heterocycles. The van der Waals surface area contributed by atoms with Crippen molar-refractivity contribution in [2.75, 3.05) is 20.1 Å². The third-order valence-corrected chi connectivity index (χ3v) is 3.25. The van der Waals surface area contributed by atoms with Crippen molar-refractivity contribution in [1.29, 1.82) is 0 Å². The molecular formula is C11H20N2O2. The van der Waals surface area contributed by atoms with Crippen molar-refractivity contribution in [1.82, 2.24) is 4.90 Å². The summed E-state index contributed by atoms with van der Waals surface area (Å²) < 4.78 is 5.58. The molecule has 86 valence electrons. The first-order chi connectivity index (χ1) is 7.20. The van der Waals surface area contributed by atoms with Crippen molar-refractivity contribution in [3.05, 3.63) is 0 Å². The average molecular weight is 212 g/mol. The molecule has 0 spiro atoms. The molecule has 4 nitrogen and oxygen atoms in total. The van der Waals surface area contributed by atoms with E-state index in [1.165, 1.54) is 12.8 Å². The van der Waals surface area contributed by atoms with Gasteiger partial charge in [0.25, 0.3) is 5.91 Å². The summed E-state index contributed by atoms with van der Waals surface area (Å²) in [5.41, 5.74) is 5.51. The highest BCUT2D eigenvalue weighted by Crippen LogP contribution is 2.30. The molecule has 2 aliphatic rings. The van der Waals surface area contributed by atoms with Gasteiger partial charge in [-0.1, -0.05) is 0 Å². The Kier molecular flexibility index (Phi) is 3.26. The summed E-state index contributed by atoms with van der Waals surface area (Å²) in [4.78, 5) is 13.8. The van der Waals surface area contributed by atoms with Gasteiger partial charge in [0.05, 0.1) is 6.10 Å². The molecule has 0 aromatic carbocycles. The minimum Gasteiger partial charge on any atom is -0.364 e. The van der Waals surface area contributed by atoms with E-state index in [1.807, 2.05) is 11.9 Å². The quantitative estimate of drug-likeness (QED) is 0.732. The number of likely N-dealkylation sites (N-methyl/N-ethyl adjacent to an activating group) is 1. The summed E-state index contributed by atoms with van der Waals surface area (Å²) in [6, 6.07) is 0. The average Bonchev–Trinajstić information content (AvgIpc) is 2.92. The van der Waals surface area contributed by atoms with Crippen LogP contribution in [0.25, 0.3) is 0 Å². The van der Waals surface area contributed by atoms with Crippen LogP contribution < -0.4 is 5.73 Å². The van der Waals surface area contributed by atoms with Gasteiger partial charge in [-0.05, 0) is 31.6 Å². The van der Waals surface area contributed by atoms with Gasteiger partial charge in [0, 0.05) is 20.1 Å². The van der Waals surface area contributed by atoms with Gasteiger partial charge >= 0.3 is 0 Å². The molecule has 0 radical (unpaired) electrons. The molecule has 1 saturated carbocycles. The van der Waals surface area contributed by atoms with Crippen LogP contribution in [0, 0.1) is 5.92 Å². The Labute approximate surface area is 90.8 Å². The summed E-state index contributed by atoms with van der Waals surface area (Å²) in [6.45, 7) is 1.42. The first-order valence-corrected chi connectivity index (χ1v) is 5.81. The number of amides is 1. The van der Waals surface area contributed by atoms with E-state index >= 15 is 0 Å². The molecule has 1 heterocycles. The normalized spacial score (nSPS) is 30.5. The molecule has 1 aliphatic carbocycles. The molecule has 0 bridgehead atoms. The second-order valence-corrected chi connectivity index (χ2v) is 4.72. The first kappa shape index (κ1) is 10.9. The van der Waals surface area contributed by atoms with E-state index < -0.39 is 0 Å². The molecule has 1 amide bonds. The molecule has 2 fully saturated rings. The third-order valence-electron chi connectivity index (χ3n) is 3.25. The minimum atomic E-state index is -0.234. The van der Waals surface area contributed by atoms with E-state index in [-0.39, 0.29) is 18.1 Å². The predicted molar refractivity (Wildman–Crippen MR) is 57.3 cm³/mol. The second kappa shape index (κ2) is 4.49. The van der Waals surface area contributed by atoms with Crippen LogP contribution in [0.3, 0.4) is 0 Å². The Morgan fingerprint density at radius 2 is 2.13 bits per heavy atom. The van der Waals surface area contributed by atoms with Crippen molar-refractivity contribution in [3.8, 4) is 0 Å². The number of carbonyl (C=O) groups is 1. The molecule has 2 unspecified atom stereocenters. The van der Waals surface area contributed by atoms with Crippen molar-refractivity contribution >= 4 is 5.91 Å². The molecule has 2 atom stereocenters. The number of hydrogen-bond donors (Lipinski definition) is 1. The lowest BCUT2D eigenvalue weighted by molar-refractivity contribution is -0.141. The largest absolute Gasteiger partial charge is 0.364 e. The Bertz CT molecular complexity index is 241. The number of rotatable bonds is 4. The SMILES string of the molecule is CN(CC1CC1)C(=O)C1CCC(CN)O1. The minimum absolute atomic E-state index is 0.0910. The van der Waals surface area contributed by atoms with Gasteiger partial charge in [0.15, 0.2) is 0 Å². The van der Waals surface area contributed by atoms with Crippen LogP contribution in [-0.2, 0) is 9.53 Å². The summed E-state index contributed by atoms with van der Waals surface area (Å²) in [6.07, 6.45) is 4.15. The molecular weight excluding hydrogens is 192 g/mol. The lowest BCUT2D eigenvalue weighted by atomic mass is 10.2. The van der Waals surface area contributed by atoms with Crippen LogP contribution in [-0.4, -0.2) is 43.2 Å². The monoisotopic (exact) mass is 212 g/mol. The fourth-order valence-corrected chi connectivity index (χ4v) is 2.08. The highest BCUT2D eigenvalue weighted by molar-refractivity contribution is 5.81. The fraction of sp³-hybridized carbons (Fsp3) is 0.909. The van der Waals surface area contributed by atoms with Gasteiger partial charge in [-0.25, -0.2) is 0 Å². The van der Waals surface area contributed by atoms with Gasteiger partial charge in [-0.2, -0.15) is 0 Å². The zero-order valence-corrected chi connectivity index (χ0v) is 9.32. The number of carbonyl (C=O) groups excluding carboxylic acids is 1. The van der Waals surface area contributed by atoms with Crippen molar-refractivity contribution < 1.29 is 9.53 Å². The molecule has 0 aromatic heterocycles. The van der Waals surface area contributed by atoms with E-state index in [4.69, 9.17) is 10.5 Å². The third kappa shape index (κ3) is 2.69. The molecule has 2 rings (SSSR count). The molecule has 1 aliphatic heterocycles.